The molecule has 112 valence electrons. The van der Waals surface area contributed by atoms with Crippen molar-refractivity contribution < 1.29 is 4.74 Å². The van der Waals surface area contributed by atoms with Crippen molar-refractivity contribution in [1.82, 2.24) is 10.2 Å². The van der Waals surface area contributed by atoms with Gasteiger partial charge in [0.15, 0.2) is 0 Å². The molecule has 1 aliphatic heterocycles. The fourth-order valence-electron chi connectivity index (χ4n) is 2.87. The van der Waals surface area contributed by atoms with Crippen LogP contribution in [0.3, 0.4) is 0 Å². The second-order valence-electron chi connectivity index (χ2n) is 6.05. The van der Waals surface area contributed by atoms with Gasteiger partial charge < -0.3 is 10.1 Å². The minimum absolute atomic E-state index is 0.547. The summed E-state index contributed by atoms with van der Waals surface area (Å²) in [6, 6.07) is 9.17. The van der Waals surface area contributed by atoms with Gasteiger partial charge in [-0.15, -0.1) is 0 Å². The van der Waals surface area contributed by atoms with Crippen molar-refractivity contribution in [2.24, 2.45) is 5.92 Å². The molecule has 0 amide bonds. The molecule has 1 heterocycles. The number of ether oxygens (including phenoxy) is 1. The van der Waals surface area contributed by atoms with Crippen molar-refractivity contribution >= 4 is 0 Å². The monoisotopic (exact) mass is 276 g/mol. The third kappa shape index (κ3) is 4.22. The molecule has 20 heavy (non-hydrogen) atoms. The van der Waals surface area contributed by atoms with E-state index in [9.17, 15) is 0 Å². The lowest BCUT2D eigenvalue weighted by Gasteiger charge is -2.35. The summed E-state index contributed by atoms with van der Waals surface area (Å²) < 4.78 is 5.27. The van der Waals surface area contributed by atoms with Crippen LogP contribution < -0.4 is 10.1 Å². The van der Waals surface area contributed by atoms with Gasteiger partial charge >= 0.3 is 0 Å². The smallest absolute Gasteiger partial charge is 0.118 e. The Morgan fingerprint density at radius 1 is 1.10 bits per heavy atom. The summed E-state index contributed by atoms with van der Waals surface area (Å²) in [7, 11) is 1.72. The maximum Gasteiger partial charge on any atom is 0.118 e. The Labute approximate surface area is 123 Å². The van der Waals surface area contributed by atoms with Gasteiger partial charge in [-0.25, -0.2) is 0 Å². The molecule has 3 heteroatoms. The number of hydrogen-bond donors (Lipinski definition) is 1. The minimum Gasteiger partial charge on any atom is -0.497 e. The first-order chi connectivity index (χ1) is 9.70. The Bertz CT molecular complexity index is 382. The highest BCUT2D eigenvalue weighted by molar-refractivity contribution is 5.29. The zero-order valence-corrected chi connectivity index (χ0v) is 13.1. The molecular weight excluding hydrogens is 248 g/mol. The molecule has 2 rings (SSSR count). The molecule has 1 aromatic rings. The van der Waals surface area contributed by atoms with Crippen LogP contribution >= 0.6 is 0 Å². The summed E-state index contributed by atoms with van der Waals surface area (Å²) in [4.78, 5) is 2.63. The predicted molar refractivity (Wildman–Crippen MR) is 84.2 cm³/mol. The quantitative estimate of drug-likeness (QED) is 0.864. The number of methoxy groups -OCH3 is 1. The topological polar surface area (TPSA) is 24.5 Å². The highest BCUT2D eigenvalue weighted by Gasteiger charge is 2.22. The molecule has 1 aliphatic rings. The molecule has 0 aliphatic carbocycles. The molecule has 0 unspecified atom stereocenters. The van der Waals surface area contributed by atoms with Crippen molar-refractivity contribution in [3.05, 3.63) is 29.8 Å². The molecule has 0 radical (unpaired) electrons. The van der Waals surface area contributed by atoms with Gasteiger partial charge in [0.25, 0.3) is 0 Å². The minimum atomic E-state index is 0.547. The Hall–Kier alpha value is -1.06. The summed E-state index contributed by atoms with van der Waals surface area (Å²) in [6.07, 6.45) is 2.52. The van der Waals surface area contributed by atoms with E-state index in [-0.39, 0.29) is 0 Å². The Morgan fingerprint density at radius 2 is 1.75 bits per heavy atom. The maximum atomic E-state index is 5.27. The van der Waals surface area contributed by atoms with Crippen LogP contribution in [0.5, 0.6) is 5.75 Å². The summed E-state index contributed by atoms with van der Waals surface area (Å²) in [5.74, 6) is 1.70. The lowest BCUT2D eigenvalue weighted by Crippen LogP contribution is -2.45. The van der Waals surface area contributed by atoms with Gasteiger partial charge in [0, 0.05) is 32.2 Å². The largest absolute Gasteiger partial charge is 0.497 e. The van der Waals surface area contributed by atoms with E-state index in [1.807, 2.05) is 0 Å². The van der Waals surface area contributed by atoms with E-state index in [0.29, 0.717) is 6.04 Å². The number of benzene rings is 1. The fourth-order valence-corrected chi connectivity index (χ4v) is 2.87. The van der Waals surface area contributed by atoms with Gasteiger partial charge in [-0.2, -0.15) is 0 Å². The van der Waals surface area contributed by atoms with Crippen LogP contribution in [-0.4, -0.2) is 38.2 Å². The standard InChI is InChI=1S/C17H28N2O/c1-14(2)4-9-17(19-12-10-18-11-13-19)15-5-7-16(20-3)8-6-15/h5-8,14,17-18H,4,9-13H2,1-3H3/t17-/m0/s1. The highest BCUT2D eigenvalue weighted by Crippen LogP contribution is 2.29. The van der Waals surface area contributed by atoms with Gasteiger partial charge in [-0.3, -0.25) is 4.90 Å². The van der Waals surface area contributed by atoms with E-state index in [2.05, 4.69) is 48.3 Å². The second-order valence-corrected chi connectivity index (χ2v) is 6.05. The van der Waals surface area contributed by atoms with Gasteiger partial charge in [-0.05, 0) is 36.5 Å². The van der Waals surface area contributed by atoms with Gasteiger partial charge in [0.2, 0.25) is 0 Å². The average Bonchev–Trinajstić information content (AvgIpc) is 2.49. The van der Waals surface area contributed by atoms with Crippen LogP contribution in [0.1, 0.15) is 38.3 Å². The molecule has 1 N–H and O–H groups in total. The maximum absolute atomic E-state index is 5.27. The van der Waals surface area contributed by atoms with Crippen molar-refractivity contribution in [2.75, 3.05) is 33.3 Å². The van der Waals surface area contributed by atoms with Crippen molar-refractivity contribution in [1.29, 1.82) is 0 Å². The van der Waals surface area contributed by atoms with Crippen molar-refractivity contribution in [2.45, 2.75) is 32.7 Å². The van der Waals surface area contributed by atoms with Crippen LogP contribution in [0, 0.1) is 5.92 Å². The number of nitrogens with zero attached hydrogens (tertiary/aromatic N) is 1. The first kappa shape index (κ1) is 15.3. The summed E-state index contributed by atoms with van der Waals surface area (Å²) >= 11 is 0. The number of hydrogen-bond acceptors (Lipinski definition) is 3. The molecule has 0 bridgehead atoms. The summed E-state index contributed by atoms with van der Waals surface area (Å²) in [5, 5.41) is 3.44. The fraction of sp³-hybridized carbons (Fsp3) is 0.647. The molecule has 1 aromatic carbocycles. The molecule has 1 atom stereocenters. The lowest BCUT2D eigenvalue weighted by molar-refractivity contribution is 0.159. The third-order valence-corrected chi connectivity index (χ3v) is 4.11. The Morgan fingerprint density at radius 3 is 2.30 bits per heavy atom. The zero-order chi connectivity index (χ0) is 14.4. The molecule has 1 fully saturated rings. The Kier molecular flexibility index (Phi) is 5.86. The SMILES string of the molecule is COc1ccc([C@H](CCC(C)C)N2CCNCC2)cc1. The Balaban J connectivity index is 2.10. The van der Waals surface area contributed by atoms with Crippen LogP contribution in [0.25, 0.3) is 0 Å². The molecular formula is C17H28N2O. The molecule has 0 saturated carbocycles. The van der Waals surface area contributed by atoms with Crippen molar-refractivity contribution in [3.63, 3.8) is 0 Å². The summed E-state index contributed by atoms with van der Waals surface area (Å²) in [6.45, 7) is 9.12. The lowest BCUT2D eigenvalue weighted by atomic mass is 9.95. The van der Waals surface area contributed by atoms with Crippen LogP contribution in [0.15, 0.2) is 24.3 Å². The van der Waals surface area contributed by atoms with E-state index in [4.69, 9.17) is 4.74 Å². The first-order valence-electron chi connectivity index (χ1n) is 7.79. The van der Waals surface area contributed by atoms with E-state index in [1.165, 1.54) is 18.4 Å². The van der Waals surface area contributed by atoms with E-state index < -0.39 is 0 Å². The number of nitrogens with one attached hydrogen (secondary N) is 1. The average molecular weight is 276 g/mol. The predicted octanol–water partition coefficient (Wildman–Crippen LogP) is 3.08. The van der Waals surface area contributed by atoms with E-state index >= 15 is 0 Å². The zero-order valence-electron chi connectivity index (χ0n) is 13.1. The highest BCUT2D eigenvalue weighted by atomic mass is 16.5. The normalized spacial score (nSPS) is 18.2. The summed E-state index contributed by atoms with van der Waals surface area (Å²) in [5.41, 5.74) is 1.42. The van der Waals surface area contributed by atoms with Gasteiger partial charge in [0.1, 0.15) is 5.75 Å². The van der Waals surface area contributed by atoms with Gasteiger partial charge in [0.05, 0.1) is 7.11 Å². The number of rotatable bonds is 6. The second kappa shape index (κ2) is 7.65. The van der Waals surface area contributed by atoms with Gasteiger partial charge in [-0.1, -0.05) is 26.0 Å². The van der Waals surface area contributed by atoms with Crippen LogP contribution in [-0.2, 0) is 0 Å². The van der Waals surface area contributed by atoms with E-state index in [0.717, 1.165) is 37.8 Å². The van der Waals surface area contributed by atoms with E-state index in [1.54, 1.807) is 7.11 Å². The molecule has 0 aromatic heterocycles. The molecule has 0 spiro atoms. The number of piperazine rings is 1. The molecule has 3 nitrogen and oxygen atoms in total. The first-order valence-corrected chi connectivity index (χ1v) is 7.79. The third-order valence-electron chi connectivity index (χ3n) is 4.11. The molecule has 1 saturated heterocycles. The van der Waals surface area contributed by atoms with Crippen LogP contribution in [0.2, 0.25) is 0 Å². The van der Waals surface area contributed by atoms with Crippen molar-refractivity contribution in [3.8, 4) is 5.75 Å². The van der Waals surface area contributed by atoms with Crippen LogP contribution in [0.4, 0.5) is 0 Å².